The fourth-order valence-corrected chi connectivity index (χ4v) is 6.04. The van der Waals surface area contributed by atoms with Crippen LogP contribution < -0.4 is 9.62 Å². The first-order valence-corrected chi connectivity index (χ1v) is 13.6. The highest BCUT2D eigenvalue weighted by Gasteiger charge is 2.35. The zero-order chi connectivity index (χ0) is 27.0. The van der Waals surface area contributed by atoms with Crippen LogP contribution in [-0.4, -0.2) is 20.9 Å². The van der Waals surface area contributed by atoms with E-state index in [1.54, 1.807) is 26.0 Å². The number of alkyl halides is 3. The Morgan fingerprint density at radius 3 is 2.38 bits per heavy atom. The van der Waals surface area contributed by atoms with Gasteiger partial charge in [0.15, 0.2) is 0 Å². The maximum Gasteiger partial charge on any atom is 0.417 e. The Labute approximate surface area is 219 Å². The van der Waals surface area contributed by atoms with E-state index in [4.69, 9.17) is 11.6 Å². The molecule has 1 aliphatic carbocycles. The molecule has 1 N–H and O–H groups in total. The number of carbonyl (C=O) groups is 1. The molecule has 0 saturated carbocycles. The van der Waals surface area contributed by atoms with E-state index in [9.17, 15) is 26.4 Å². The third kappa shape index (κ3) is 5.93. The van der Waals surface area contributed by atoms with E-state index in [0.717, 1.165) is 42.5 Å². The first kappa shape index (κ1) is 27.0. The lowest BCUT2D eigenvalue weighted by atomic mass is 10.0. The topological polar surface area (TPSA) is 66.5 Å². The van der Waals surface area contributed by atoms with Crippen molar-refractivity contribution >= 4 is 33.2 Å². The molecule has 4 rings (SSSR count). The fourth-order valence-electron chi connectivity index (χ4n) is 4.40. The SMILES string of the molecule is Cc1ccc(S(=O)(=O)N(CC(=O)NC(C)c2ccc3c(c2)CCC3)c2ccc(Cl)c(C(F)(F)F)c2)cc1. The minimum absolute atomic E-state index is 0.152. The molecule has 10 heteroatoms. The average molecular weight is 551 g/mol. The summed E-state index contributed by atoms with van der Waals surface area (Å²) in [5, 5.41) is 2.21. The molecule has 3 aromatic rings. The monoisotopic (exact) mass is 550 g/mol. The molecule has 0 saturated heterocycles. The molecular formula is C27H26ClF3N2O3S. The Morgan fingerprint density at radius 2 is 1.70 bits per heavy atom. The molecule has 1 unspecified atom stereocenters. The Balaban J connectivity index is 1.66. The number of nitrogens with zero attached hydrogens (tertiary/aromatic N) is 1. The third-order valence-electron chi connectivity index (χ3n) is 6.44. The van der Waals surface area contributed by atoms with Crippen LogP contribution in [0.1, 0.15) is 47.2 Å². The Hall–Kier alpha value is -3.04. The van der Waals surface area contributed by atoms with E-state index in [-0.39, 0.29) is 10.6 Å². The van der Waals surface area contributed by atoms with Gasteiger partial charge in [-0.2, -0.15) is 13.2 Å². The number of carbonyl (C=O) groups excluding carboxylic acids is 1. The lowest BCUT2D eigenvalue weighted by molar-refractivity contribution is -0.137. The van der Waals surface area contributed by atoms with Gasteiger partial charge in [0.05, 0.1) is 27.2 Å². The maximum atomic E-state index is 13.5. The molecule has 196 valence electrons. The van der Waals surface area contributed by atoms with Crippen molar-refractivity contribution in [3.05, 3.63) is 93.5 Å². The number of halogens is 4. The molecule has 0 radical (unpaired) electrons. The number of amides is 1. The van der Waals surface area contributed by atoms with E-state index >= 15 is 0 Å². The molecule has 3 aromatic carbocycles. The highest BCUT2D eigenvalue weighted by Crippen LogP contribution is 2.38. The molecule has 0 heterocycles. The highest BCUT2D eigenvalue weighted by molar-refractivity contribution is 7.92. The third-order valence-corrected chi connectivity index (χ3v) is 8.56. The van der Waals surface area contributed by atoms with Crippen LogP contribution in [-0.2, 0) is 33.8 Å². The molecule has 0 aromatic heterocycles. The molecular weight excluding hydrogens is 525 g/mol. The van der Waals surface area contributed by atoms with Gasteiger partial charge < -0.3 is 5.32 Å². The molecule has 1 atom stereocenters. The van der Waals surface area contributed by atoms with E-state index in [2.05, 4.69) is 5.32 Å². The predicted molar refractivity (Wildman–Crippen MR) is 137 cm³/mol. The molecule has 0 aliphatic heterocycles. The number of fused-ring (bicyclic) bond motifs is 1. The van der Waals surface area contributed by atoms with Crippen molar-refractivity contribution in [1.29, 1.82) is 0 Å². The number of hydrogen-bond donors (Lipinski definition) is 1. The molecule has 37 heavy (non-hydrogen) atoms. The van der Waals surface area contributed by atoms with E-state index in [1.807, 2.05) is 18.2 Å². The van der Waals surface area contributed by atoms with Gasteiger partial charge in [-0.05, 0) is 80.1 Å². The van der Waals surface area contributed by atoms with Crippen molar-refractivity contribution < 1.29 is 26.4 Å². The summed E-state index contributed by atoms with van der Waals surface area (Å²) in [6, 6.07) is 14.2. The zero-order valence-electron chi connectivity index (χ0n) is 20.3. The van der Waals surface area contributed by atoms with Crippen molar-refractivity contribution in [2.24, 2.45) is 0 Å². The van der Waals surface area contributed by atoms with Gasteiger partial charge in [0.1, 0.15) is 6.54 Å². The number of anilines is 1. The lowest BCUT2D eigenvalue weighted by Crippen LogP contribution is -2.41. The summed E-state index contributed by atoms with van der Waals surface area (Å²) >= 11 is 5.75. The molecule has 1 aliphatic rings. The molecule has 0 bridgehead atoms. The van der Waals surface area contributed by atoms with Crippen molar-refractivity contribution in [3.8, 4) is 0 Å². The van der Waals surface area contributed by atoms with Gasteiger partial charge in [0.2, 0.25) is 5.91 Å². The van der Waals surface area contributed by atoms with Crippen LogP contribution in [0.25, 0.3) is 0 Å². The van der Waals surface area contributed by atoms with Crippen molar-refractivity contribution in [2.75, 3.05) is 10.8 Å². The highest BCUT2D eigenvalue weighted by atomic mass is 35.5. The zero-order valence-corrected chi connectivity index (χ0v) is 21.8. The summed E-state index contributed by atoms with van der Waals surface area (Å²) in [6.45, 7) is 2.83. The van der Waals surface area contributed by atoms with Crippen LogP contribution >= 0.6 is 11.6 Å². The van der Waals surface area contributed by atoms with Crippen molar-refractivity contribution in [1.82, 2.24) is 5.32 Å². The maximum absolute atomic E-state index is 13.5. The first-order chi connectivity index (χ1) is 17.4. The molecule has 5 nitrogen and oxygen atoms in total. The smallest absolute Gasteiger partial charge is 0.348 e. The largest absolute Gasteiger partial charge is 0.417 e. The van der Waals surface area contributed by atoms with Gasteiger partial charge in [-0.3, -0.25) is 9.10 Å². The second kappa shape index (κ2) is 10.4. The summed E-state index contributed by atoms with van der Waals surface area (Å²) in [4.78, 5) is 12.9. The summed E-state index contributed by atoms with van der Waals surface area (Å²) in [5.41, 5.74) is 2.66. The van der Waals surface area contributed by atoms with Gasteiger partial charge in [0, 0.05) is 0 Å². The minimum Gasteiger partial charge on any atom is -0.348 e. The van der Waals surface area contributed by atoms with Gasteiger partial charge in [0.25, 0.3) is 10.0 Å². The summed E-state index contributed by atoms with van der Waals surface area (Å²) in [7, 11) is -4.39. The van der Waals surface area contributed by atoms with Crippen molar-refractivity contribution in [3.63, 3.8) is 0 Å². The van der Waals surface area contributed by atoms with E-state index < -0.39 is 45.3 Å². The average Bonchev–Trinajstić information content (AvgIpc) is 3.30. The number of nitrogens with one attached hydrogen (secondary N) is 1. The Kier molecular flexibility index (Phi) is 7.57. The van der Waals surface area contributed by atoms with Gasteiger partial charge in [-0.1, -0.05) is 47.5 Å². The second-order valence-corrected chi connectivity index (χ2v) is 11.4. The minimum atomic E-state index is -4.81. The quantitative estimate of drug-likeness (QED) is 0.379. The molecule has 0 fully saturated rings. The summed E-state index contributed by atoms with van der Waals surface area (Å²) in [5.74, 6) is -0.660. The standard InChI is InChI=1S/C27H26ClF3N2O3S/c1-17-6-11-23(12-7-17)37(35,36)33(22-10-13-25(28)24(15-22)27(29,30)31)16-26(34)32-18(2)20-9-8-19-4-3-5-21(19)14-20/h6-15,18H,3-5,16H2,1-2H3,(H,32,34). The fraction of sp³-hybridized carbons (Fsp3) is 0.296. The lowest BCUT2D eigenvalue weighted by Gasteiger charge is -2.26. The Bertz CT molecular complexity index is 1420. The van der Waals surface area contributed by atoms with Gasteiger partial charge in [-0.15, -0.1) is 0 Å². The number of aryl methyl sites for hydroxylation is 3. The van der Waals surface area contributed by atoms with Crippen LogP contribution in [0.2, 0.25) is 5.02 Å². The second-order valence-electron chi connectivity index (χ2n) is 9.16. The number of hydrogen-bond acceptors (Lipinski definition) is 3. The van der Waals surface area contributed by atoms with Gasteiger partial charge in [-0.25, -0.2) is 8.42 Å². The summed E-state index contributed by atoms with van der Waals surface area (Å²) in [6.07, 6.45) is -1.75. The van der Waals surface area contributed by atoms with Crippen LogP contribution in [0.5, 0.6) is 0 Å². The molecule has 1 amide bonds. The molecule has 0 spiro atoms. The van der Waals surface area contributed by atoms with E-state index in [0.29, 0.717) is 10.4 Å². The van der Waals surface area contributed by atoms with Crippen molar-refractivity contribution in [2.45, 2.75) is 50.2 Å². The van der Waals surface area contributed by atoms with Gasteiger partial charge >= 0.3 is 6.18 Å². The predicted octanol–water partition coefficient (Wildman–Crippen LogP) is 6.23. The van der Waals surface area contributed by atoms with Crippen LogP contribution in [0, 0.1) is 6.92 Å². The normalized spacial score (nSPS) is 14.2. The first-order valence-electron chi connectivity index (χ1n) is 11.7. The number of benzene rings is 3. The van der Waals surface area contributed by atoms with Crippen LogP contribution in [0.4, 0.5) is 18.9 Å². The van der Waals surface area contributed by atoms with Crippen LogP contribution in [0.3, 0.4) is 0 Å². The Morgan fingerprint density at radius 1 is 1.03 bits per heavy atom. The summed E-state index contributed by atoms with van der Waals surface area (Å²) < 4.78 is 68.4. The number of rotatable bonds is 7. The van der Waals surface area contributed by atoms with E-state index in [1.165, 1.54) is 23.3 Å². The number of sulfonamides is 1. The van der Waals surface area contributed by atoms with Crippen LogP contribution in [0.15, 0.2) is 65.6 Å².